The lowest BCUT2D eigenvalue weighted by atomic mass is 10.0. The van der Waals surface area contributed by atoms with Gasteiger partial charge in [0, 0.05) is 29.1 Å². The minimum Gasteiger partial charge on any atom is -0.367 e. The van der Waals surface area contributed by atoms with Crippen molar-refractivity contribution >= 4 is 16.3 Å². The van der Waals surface area contributed by atoms with Gasteiger partial charge in [0.25, 0.3) is 0 Å². The van der Waals surface area contributed by atoms with Crippen LogP contribution in [0.5, 0.6) is 0 Å². The van der Waals surface area contributed by atoms with Crippen LogP contribution < -0.4 is 5.32 Å². The Morgan fingerprint density at radius 2 is 1.20 bits per heavy atom. The molecule has 35 heavy (non-hydrogen) atoms. The molecule has 1 N–H and O–H groups in total. The van der Waals surface area contributed by atoms with Gasteiger partial charge in [-0.2, -0.15) is 0 Å². The van der Waals surface area contributed by atoms with Gasteiger partial charge in [-0.15, -0.1) is 0 Å². The first-order chi connectivity index (χ1) is 17.3. The fourth-order valence-corrected chi connectivity index (χ4v) is 4.28. The smallest absolute Gasteiger partial charge is 0.160 e. The summed E-state index contributed by atoms with van der Waals surface area (Å²) in [6, 6.07) is 35.7. The number of fused-ring (bicyclic) bond motifs is 1. The Kier molecular flexibility index (Phi) is 5.50. The first-order valence-corrected chi connectivity index (χ1v) is 11.7. The number of aromatic nitrogens is 2. The monoisotopic (exact) mass is 449 g/mol. The van der Waals surface area contributed by atoms with Crippen molar-refractivity contribution in [2.24, 2.45) is 0 Å². The van der Waals surface area contributed by atoms with E-state index >= 15 is 0 Å². The molecule has 0 unspecified atom stereocenters. The van der Waals surface area contributed by atoms with E-state index in [0.717, 1.165) is 39.2 Å². The summed E-state index contributed by atoms with van der Waals surface area (Å²) >= 11 is 0. The second-order valence-corrected chi connectivity index (χ2v) is 8.45. The summed E-state index contributed by atoms with van der Waals surface area (Å²) in [5.41, 5.74) is 7.21. The fraction of sp³-hybridized carbons (Fsp3) is 0. The second kappa shape index (κ2) is 9.24. The number of rotatable bonds is 4. The van der Waals surface area contributed by atoms with Crippen LogP contribution in [0.25, 0.3) is 50.2 Å². The van der Waals surface area contributed by atoms with E-state index in [1.165, 1.54) is 10.8 Å². The van der Waals surface area contributed by atoms with Crippen LogP contribution in [0, 0.1) is 0 Å². The molecule has 0 saturated heterocycles. The van der Waals surface area contributed by atoms with Crippen molar-refractivity contribution < 1.29 is 0 Å². The van der Waals surface area contributed by atoms with Crippen molar-refractivity contribution in [2.45, 2.75) is 0 Å². The summed E-state index contributed by atoms with van der Waals surface area (Å²) in [5, 5.41) is 5.59. The molecule has 166 valence electrons. The zero-order chi connectivity index (χ0) is 23.5. The molecule has 0 amide bonds. The lowest BCUT2D eigenvalue weighted by Crippen LogP contribution is -1.96. The van der Waals surface area contributed by atoms with Crippen molar-refractivity contribution in [2.75, 3.05) is 0 Å². The highest BCUT2D eigenvalue weighted by Crippen LogP contribution is 2.30. The molecule has 0 radical (unpaired) electrons. The Morgan fingerprint density at radius 1 is 0.514 bits per heavy atom. The summed E-state index contributed by atoms with van der Waals surface area (Å²) in [6.07, 6.45) is 10.0. The number of hydrogen-bond acceptors (Lipinski definition) is 3. The first-order valence-electron chi connectivity index (χ1n) is 11.7. The molecule has 2 heterocycles. The zero-order valence-corrected chi connectivity index (χ0v) is 19.1. The van der Waals surface area contributed by atoms with Crippen LogP contribution in [0.2, 0.25) is 0 Å². The average molecular weight is 450 g/mol. The predicted octanol–water partition coefficient (Wildman–Crippen LogP) is 7.64. The van der Waals surface area contributed by atoms with Crippen LogP contribution in [0.3, 0.4) is 0 Å². The van der Waals surface area contributed by atoms with E-state index < -0.39 is 0 Å². The molecule has 3 nitrogen and oxygen atoms in total. The molecule has 1 aliphatic rings. The number of nitrogens with zero attached hydrogens (tertiary/aromatic N) is 2. The normalized spacial score (nSPS) is 12.7. The van der Waals surface area contributed by atoms with E-state index in [9.17, 15) is 0 Å². The number of allylic oxidation sites excluding steroid dienone is 4. The summed E-state index contributed by atoms with van der Waals surface area (Å²) in [4.78, 5) is 9.96. The van der Waals surface area contributed by atoms with Crippen molar-refractivity contribution in [3.8, 4) is 33.9 Å². The van der Waals surface area contributed by atoms with E-state index in [4.69, 9.17) is 9.97 Å². The predicted molar refractivity (Wildman–Crippen MR) is 145 cm³/mol. The highest BCUT2D eigenvalue weighted by molar-refractivity contribution is 5.87. The van der Waals surface area contributed by atoms with Crippen LogP contribution in [-0.4, -0.2) is 9.97 Å². The van der Waals surface area contributed by atoms with Crippen molar-refractivity contribution in [3.05, 3.63) is 139 Å². The Morgan fingerprint density at radius 3 is 2.03 bits per heavy atom. The van der Waals surface area contributed by atoms with Crippen LogP contribution in [-0.2, 0) is 0 Å². The van der Waals surface area contributed by atoms with Gasteiger partial charge in [0.05, 0.1) is 11.4 Å². The van der Waals surface area contributed by atoms with Gasteiger partial charge in [-0.3, -0.25) is 0 Å². The van der Waals surface area contributed by atoms with E-state index in [-0.39, 0.29) is 0 Å². The summed E-state index contributed by atoms with van der Waals surface area (Å²) in [6.45, 7) is 0. The molecule has 4 aromatic carbocycles. The van der Waals surface area contributed by atoms with Crippen LogP contribution in [0.1, 0.15) is 5.56 Å². The number of nitrogens with one attached hydrogen (secondary N) is 1. The van der Waals surface area contributed by atoms with E-state index in [1.54, 1.807) is 0 Å². The Balaban J connectivity index is 1.45. The third kappa shape index (κ3) is 4.40. The van der Waals surface area contributed by atoms with E-state index in [1.807, 2.05) is 42.8 Å². The fourth-order valence-electron chi connectivity index (χ4n) is 4.28. The summed E-state index contributed by atoms with van der Waals surface area (Å²) in [7, 11) is 0. The van der Waals surface area contributed by atoms with Crippen LogP contribution in [0.15, 0.2) is 134 Å². The van der Waals surface area contributed by atoms with Crippen molar-refractivity contribution in [1.29, 1.82) is 0 Å². The first kappa shape index (κ1) is 20.8. The largest absolute Gasteiger partial charge is 0.367 e. The molecule has 0 aliphatic carbocycles. The molecule has 5 aromatic rings. The average Bonchev–Trinajstić information content (AvgIpc) is 3.23. The third-order valence-corrected chi connectivity index (χ3v) is 6.14. The molecule has 0 bridgehead atoms. The van der Waals surface area contributed by atoms with Crippen molar-refractivity contribution in [1.82, 2.24) is 15.3 Å². The van der Waals surface area contributed by atoms with Crippen LogP contribution in [0.4, 0.5) is 0 Å². The maximum absolute atomic E-state index is 5.00. The Hall–Kier alpha value is -4.76. The lowest BCUT2D eigenvalue weighted by molar-refractivity contribution is 1.18. The number of hydrogen-bond donors (Lipinski definition) is 1. The SMILES string of the molecule is C1=CNC=C(c2ccc(-c3nc(-c4ccccc4)cc(-c4ccc5ccccc5c4)n3)cc2)C=C1. The summed E-state index contributed by atoms with van der Waals surface area (Å²) < 4.78 is 0. The Bertz CT molecular complexity index is 1590. The van der Waals surface area contributed by atoms with Gasteiger partial charge in [0.1, 0.15) is 0 Å². The molecule has 0 spiro atoms. The zero-order valence-electron chi connectivity index (χ0n) is 19.1. The molecule has 3 heteroatoms. The minimum absolute atomic E-state index is 0.714. The van der Waals surface area contributed by atoms with E-state index in [0.29, 0.717) is 5.82 Å². The molecule has 0 fully saturated rings. The van der Waals surface area contributed by atoms with Gasteiger partial charge in [-0.05, 0) is 40.1 Å². The molecular weight excluding hydrogens is 426 g/mol. The van der Waals surface area contributed by atoms with Gasteiger partial charge in [-0.25, -0.2) is 9.97 Å². The van der Waals surface area contributed by atoms with E-state index in [2.05, 4.69) is 96.3 Å². The van der Waals surface area contributed by atoms with Gasteiger partial charge in [-0.1, -0.05) is 103 Å². The van der Waals surface area contributed by atoms with Crippen molar-refractivity contribution in [3.63, 3.8) is 0 Å². The van der Waals surface area contributed by atoms with Gasteiger partial charge < -0.3 is 5.32 Å². The Labute approximate surface area is 204 Å². The van der Waals surface area contributed by atoms with Gasteiger partial charge in [0.15, 0.2) is 5.82 Å². The number of benzene rings is 4. The van der Waals surface area contributed by atoms with Gasteiger partial charge in [0.2, 0.25) is 0 Å². The second-order valence-electron chi connectivity index (χ2n) is 8.45. The molecule has 0 atom stereocenters. The molecule has 0 saturated carbocycles. The molecular formula is C32H23N3. The topological polar surface area (TPSA) is 37.8 Å². The molecule has 1 aliphatic heterocycles. The summed E-state index contributed by atoms with van der Waals surface area (Å²) in [5.74, 6) is 0.714. The highest BCUT2D eigenvalue weighted by Gasteiger charge is 2.11. The quantitative estimate of drug-likeness (QED) is 0.306. The minimum atomic E-state index is 0.714. The lowest BCUT2D eigenvalue weighted by Gasteiger charge is -2.11. The van der Waals surface area contributed by atoms with Gasteiger partial charge >= 0.3 is 0 Å². The third-order valence-electron chi connectivity index (χ3n) is 6.14. The maximum Gasteiger partial charge on any atom is 0.160 e. The highest BCUT2D eigenvalue weighted by atomic mass is 14.9. The molecule has 1 aromatic heterocycles. The molecule has 6 rings (SSSR count). The standard InChI is InChI=1S/C32H23N3/c1-2-9-25(10-3-1)30-21-31(28-18-15-23-8-4-5-11-27(23)20-28)35-32(34-30)26-16-13-24(14-17-26)29-12-6-7-19-33-22-29/h1-22,33H. The van der Waals surface area contributed by atoms with Crippen LogP contribution >= 0.6 is 0 Å². The maximum atomic E-state index is 5.00.